The van der Waals surface area contributed by atoms with Crippen LogP contribution < -0.4 is 14.8 Å². The molecule has 1 heterocycles. The molecule has 0 aliphatic carbocycles. The molecule has 0 saturated heterocycles. The lowest BCUT2D eigenvalue weighted by atomic mass is 10.2. The molecular formula is C19H21N5O3S. The topological polar surface area (TPSA) is 91.2 Å². The summed E-state index contributed by atoms with van der Waals surface area (Å²) in [7, 11) is 0. The van der Waals surface area contributed by atoms with Crippen LogP contribution in [-0.4, -0.2) is 45.1 Å². The van der Waals surface area contributed by atoms with Gasteiger partial charge in [-0.3, -0.25) is 4.79 Å². The Labute approximate surface area is 167 Å². The third-order valence-electron chi connectivity index (χ3n) is 3.60. The van der Waals surface area contributed by atoms with Crippen molar-refractivity contribution in [2.24, 2.45) is 0 Å². The quantitative estimate of drug-likeness (QED) is 0.553. The number of anilines is 1. The van der Waals surface area contributed by atoms with Gasteiger partial charge in [-0.1, -0.05) is 30.0 Å². The first-order valence-corrected chi connectivity index (χ1v) is 9.86. The van der Waals surface area contributed by atoms with Crippen molar-refractivity contribution in [1.82, 2.24) is 20.2 Å². The van der Waals surface area contributed by atoms with Gasteiger partial charge in [-0.2, -0.15) is 4.68 Å². The zero-order valence-electron chi connectivity index (χ0n) is 15.7. The van der Waals surface area contributed by atoms with E-state index >= 15 is 0 Å². The molecule has 0 aliphatic heterocycles. The van der Waals surface area contributed by atoms with Crippen molar-refractivity contribution in [2.45, 2.75) is 19.0 Å². The van der Waals surface area contributed by atoms with Crippen LogP contribution in [0.2, 0.25) is 0 Å². The highest BCUT2D eigenvalue weighted by Gasteiger charge is 2.13. The maximum Gasteiger partial charge on any atom is 0.234 e. The molecule has 0 aliphatic rings. The summed E-state index contributed by atoms with van der Waals surface area (Å²) < 4.78 is 12.7. The Morgan fingerprint density at radius 3 is 2.57 bits per heavy atom. The molecule has 0 spiro atoms. The smallest absolute Gasteiger partial charge is 0.234 e. The van der Waals surface area contributed by atoms with Gasteiger partial charge >= 0.3 is 0 Å². The molecule has 146 valence electrons. The van der Waals surface area contributed by atoms with Gasteiger partial charge in [0.1, 0.15) is 0 Å². The van der Waals surface area contributed by atoms with Crippen molar-refractivity contribution < 1.29 is 14.3 Å². The molecule has 0 radical (unpaired) electrons. The maximum atomic E-state index is 12.4. The van der Waals surface area contributed by atoms with Gasteiger partial charge in [-0.05, 0) is 48.5 Å². The summed E-state index contributed by atoms with van der Waals surface area (Å²) in [5, 5.41) is 15.1. The molecule has 8 nitrogen and oxygen atoms in total. The van der Waals surface area contributed by atoms with Crippen molar-refractivity contribution in [1.29, 1.82) is 0 Å². The molecule has 28 heavy (non-hydrogen) atoms. The van der Waals surface area contributed by atoms with Crippen LogP contribution in [0.3, 0.4) is 0 Å². The zero-order valence-corrected chi connectivity index (χ0v) is 16.5. The van der Waals surface area contributed by atoms with E-state index in [9.17, 15) is 4.79 Å². The van der Waals surface area contributed by atoms with Gasteiger partial charge in [-0.25, -0.2) is 0 Å². The summed E-state index contributed by atoms with van der Waals surface area (Å²) in [5.74, 6) is 1.26. The summed E-state index contributed by atoms with van der Waals surface area (Å²) in [6.07, 6.45) is 0. The van der Waals surface area contributed by atoms with E-state index in [4.69, 9.17) is 9.47 Å². The number of hydrogen-bond acceptors (Lipinski definition) is 7. The molecule has 0 atom stereocenters. The number of rotatable bonds is 9. The van der Waals surface area contributed by atoms with Gasteiger partial charge in [0.05, 0.1) is 24.7 Å². The average molecular weight is 399 g/mol. The first kappa shape index (κ1) is 19.7. The van der Waals surface area contributed by atoms with E-state index in [1.54, 1.807) is 22.9 Å². The molecule has 9 heteroatoms. The molecule has 3 rings (SSSR count). The van der Waals surface area contributed by atoms with E-state index in [2.05, 4.69) is 20.8 Å². The van der Waals surface area contributed by atoms with Gasteiger partial charge in [0, 0.05) is 11.8 Å². The van der Waals surface area contributed by atoms with Crippen molar-refractivity contribution in [3.8, 4) is 17.2 Å². The first-order chi connectivity index (χ1) is 13.7. The van der Waals surface area contributed by atoms with Crippen molar-refractivity contribution in [3.05, 3.63) is 48.5 Å². The number of benzene rings is 2. The van der Waals surface area contributed by atoms with E-state index < -0.39 is 0 Å². The number of para-hydroxylation sites is 1. The highest BCUT2D eigenvalue weighted by molar-refractivity contribution is 7.99. The summed E-state index contributed by atoms with van der Waals surface area (Å²) in [4.78, 5) is 12.4. The number of nitrogens with one attached hydrogen (secondary N) is 1. The second-order valence-electron chi connectivity index (χ2n) is 5.57. The Balaban J connectivity index is 1.62. The molecule has 0 bridgehead atoms. The monoisotopic (exact) mass is 399 g/mol. The minimum Gasteiger partial charge on any atom is -0.490 e. The Morgan fingerprint density at radius 1 is 1.07 bits per heavy atom. The van der Waals surface area contributed by atoms with E-state index in [0.717, 1.165) is 5.69 Å². The summed E-state index contributed by atoms with van der Waals surface area (Å²) >= 11 is 1.26. The molecule has 1 aromatic heterocycles. The lowest BCUT2D eigenvalue weighted by Crippen LogP contribution is -2.15. The van der Waals surface area contributed by atoms with Crippen LogP contribution in [0.25, 0.3) is 5.69 Å². The number of thioether (sulfide) groups is 1. The third kappa shape index (κ3) is 5.01. The van der Waals surface area contributed by atoms with Crippen LogP contribution in [0.15, 0.2) is 53.7 Å². The van der Waals surface area contributed by atoms with Gasteiger partial charge < -0.3 is 14.8 Å². The molecule has 3 aromatic rings. The van der Waals surface area contributed by atoms with E-state index in [1.165, 1.54) is 11.8 Å². The first-order valence-electron chi connectivity index (χ1n) is 8.87. The number of ether oxygens (including phenoxy) is 2. The van der Waals surface area contributed by atoms with Crippen molar-refractivity contribution in [3.63, 3.8) is 0 Å². The van der Waals surface area contributed by atoms with E-state index in [1.807, 2.05) is 44.2 Å². The average Bonchev–Trinajstić information content (AvgIpc) is 3.18. The van der Waals surface area contributed by atoms with E-state index in [-0.39, 0.29) is 11.7 Å². The molecular weight excluding hydrogens is 378 g/mol. The molecule has 0 unspecified atom stereocenters. The normalized spacial score (nSPS) is 10.5. The number of tetrazole rings is 1. The molecule has 1 amide bonds. The fourth-order valence-corrected chi connectivity index (χ4v) is 3.15. The Bertz CT molecular complexity index is 917. The highest BCUT2D eigenvalue weighted by atomic mass is 32.2. The van der Waals surface area contributed by atoms with Crippen LogP contribution in [0.4, 0.5) is 5.69 Å². The molecule has 0 saturated carbocycles. The lowest BCUT2D eigenvalue weighted by Gasteiger charge is -2.13. The maximum absolute atomic E-state index is 12.4. The van der Waals surface area contributed by atoms with Gasteiger partial charge in [-0.15, -0.1) is 5.10 Å². The standard InChI is InChI=1S/C19H21N5O3S/c1-3-26-16-11-10-14(12-17(16)27-4-2)20-18(25)13-28-19-21-22-23-24(19)15-8-6-5-7-9-15/h5-12H,3-4,13H2,1-2H3,(H,20,25). The third-order valence-corrected chi connectivity index (χ3v) is 4.52. The highest BCUT2D eigenvalue weighted by Crippen LogP contribution is 2.30. The van der Waals surface area contributed by atoms with E-state index in [0.29, 0.717) is 35.6 Å². The van der Waals surface area contributed by atoms with Crippen molar-refractivity contribution in [2.75, 3.05) is 24.3 Å². The molecule has 1 N–H and O–H groups in total. The van der Waals surface area contributed by atoms with Crippen molar-refractivity contribution >= 4 is 23.4 Å². The fraction of sp³-hybridized carbons (Fsp3) is 0.263. The van der Waals surface area contributed by atoms with Gasteiger partial charge in [0.15, 0.2) is 11.5 Å². The summed E-state index contributed by atoms with van der Waals surface area (Å²) in [5.41, 5.74) is 1.48. The number of hydrogen-bond donors (Lipinski definition) is 1. The summed E-state index contributed by atoms with van der Waals surface area (Å²) in [6, 6.07) is 14.8. The minimum absolute atomic E-state index is 0.167. The largest absolute Gasteiger partial charge is 0.490 e. The number of nitrogens with zero attached hydrogens (tertiary/aromatic N) is 4. The number of aromatic nitrogens is 4. The lowest BCUT2D eigenvalue weighted by molar-refractivity contribution is -0.113. The number of amides is 1. The SMILES string of the molecule is CCOc1ccc(NC(=O)CSc2nnnn2-c2ccccc2)cc1OCC. The predicted octanol–water partition coefficient (Wildman–Crippen LogP) is 3.19. The Kier molecular flexibility index (Phi) is 6.85. The Hall–Kier alpha value is -3.07. The number of carbonyl (C=O) groups excluding carboxylic acids is 1. The second-order valence-corrected chi connectivity index (χ2v) is 6.52. The fourth-order valence-electron chi connectivity index (χ4n) is 2.46. The van der Waals surface area contributed by atoms with Crippen LogP contribution in [0.1, 0.15) is 13.8 Å². The van der Waals surface area contributed by atoms with Crippen LogP contribution in [-0.2, 0) is 4.79 Å². The predicted molar refractivity (Wildman–Crippen MR) is 107 cm³/mol. The van der Waals surface area contributed by atoms with Crippen LogP contribution in [0.5, 0.6) is 11.5 Å². The molecule has 0 fully saturated rings. The van der Waals surface area contributed by atoms with Crippen LogP contribution in [0, 0.1) is 0 Å². The second kappa shape index (κ2) is 9.75. The summed E-state index contributed by atoms with van der Waals surface area (Å²) in [6.45, 7) is 4.86. The van der Waals surface area contributed by atoms with Gasteiger partial charge in [0.25, 0.3) is 0 Å². The minimum atomic E-state index is -0.167. The number of carbonyl (C=O) groups is 1. The van der Waals surface area contributed by atoms with Gasteiger partial charge in [0.2, 0.25) is 11.1 Å². The Morgan fingerprint density at radius 2 is 1.82 bits per heavy atom. The van der Waals surface area contributed by atoms with Crippen LogP contribution >= 0.6 is 11.8 Å². The molecule has 2 aromatic carbocycles. The zero-order chi connectivity index (χ0) is 19.8.